The number of aromatic amines is 1. The minimum absolute atomic E-state index is 0.0461. The van der Waals surface area contributed by atoms with Crippen molar-refractivity contribution in [2.24, 2.45) is 4.99 Å². The summed E-state index contributed by atoms with van der Waals surface area (Å²) in [7, 11) is 0. The van der Waals surface area contributed by atoms with E-state index in [2.05, 4.69) is 20.3 Å². The molecule has 10 heteroatoms. The van der Waals surface area contributed by atoms with Crippen LogP contribution in [0.2, 0.25) is 0 Å². The highest BCUT2D eigenvalue weighted by molar-refractivity contribution is 6.22. The highest BCUT2D eigenvalue weighted by atomic mass is 16.7. The molecule has 0 atom stereocenters. The van der Waals surface area contributed by atoms with Gasteiger partial charge in [-0.1, -0.05) is 30.3 Å². The first-order valence-electron chi connectivity index (χ1n) is 14.0. The van der Waals surface area contributed by atoms with Crippen molar-refractivity contribution in [1.29, 1.82) is 0 Å². The minimum Gasteiger partial charge on any atom is -0.494 e. The average molecular weight is 570 g/mol. The zero-order valence-corrected chi connectivity index (χ0v) is 23.5. The van der Waals surface area contributed by atoms with Gasteiger partial charge in [-0.05, 0) is 48.9 Å². The molecule has 3 aromatic carbocycles. The number of rotatable bonds is 11. The third-order valence-corrected chi connectivity index (χ3v) is 7.50. The minimum atomic E-state index is -0.350. The van der Waals surface area contributed by atoms with Gasteiger partial charge in [0.25, 0.3) is 5.91 Å². The number of aryl methyl sites for hydroxylation is 1. The number of aliphatic hydroxyl groups is 1. The number of H-pyrrole nitrogens is 1. The van der Waals surface area contributed by atoms with Crippen LogP contribution in [0.3, 0.4) is 0 Å². The molecule has 1 saturated heterocycles. The number of hydrogen-bond acceptors (Lipinski definition) is 8. The van der Waals surface area contributed by atoms with Gasteiger partial charge in [0, 0.05) is 66.9 Å². The first-order chi connectivity index (χ1) is 20.5. The summed E-state index contributed by atoms with van der Waals surface area (Å²) in [5.41, 5.74) is 7.40. The number of carbonyl (C=O) groups excluding carboxylic acids is 2. The number of nitrogens with zero attached hydrogens (tertiary/aromatic N) is 3. The van der Waals surface area contributed by atoms with Gasteiger partial charge >= 0.3 is 0 Å². The molecular formula is C32H35N5O5. The van der Waals surface area contributed by atoms with Crippen molar-refractivity contribution in [2.75, 3.05) is 52.5 Å². The van der Waals surface area contributed by atoms with Crippen molar-refractivity contribution in [3.05, 3.63) is 94.5 Å². The van der Waals surface area contributed by atoms with E-state index in [0.29, 0.717) is 53.3 Å². The molecule has 4 N–H and O–H groups in total. The lowest BCUT2D eigenvalue weighted by Crippen LogP contribution is -2.48. The Morgan fingerprint density at radius 2 is 1.69 bits per heavy atom. The number of carbonyl (C=O) groups is 2. The fraction of sp³-hybridized carbons (Fsp3) is 0.281. The molecule has 0 bridgehead atoms. The van der Waals surface area contributed by atoms with E-state index < -0.39 is 0 Å². The molecule has 1 aromatic heterocycles. The molecular weight excluding hydrogens is 534 g/mol. The second-order valence-corrected chi connectivity index (χ2v) is 10.3. The Morgan fingerprint density at radius 3 is 2.36 bits per heavy atom. The quantitative estimate of drug-likeness (QED) is 0.0942. The van der Waals surface area contributed by atoms with Crippen molar-refractivity contribution in [3.8, 4) is 5.88 Å². The second kappa shape index (κ2) is 13.5. The Hall–Kier alpha value is -4.35. The molecule has 4 aromatic rings. The van der Waals surface area contributed by atoms with E-state index in [1.165, 1.54) is 0 Å². The standard InChI is InChI=1S/C32H35N5O5/c1-22-19-27-28(20-25(22)21-39)34-32(41)29(27)30(23-5-3-2-4-6-23)33-26-9-7-24(8-10-26)31(40)35-42-18-16-37-13-11-36(12-14-37)15-17-38/h2-10,19-21,34,38,41H,11-18H2,1H3,(H,35,40). The molecule has 0 unspecified atom stereocenters. The molecule has 2 heterocycles. The van der Waals surface area contributed by atoms with Gasteiger partial charge in [-0.15, -0.1) is 0 Å². The molecule has 1 amide bonds. The number of hydroxylamine groups is 1. The van der Waals surface area contributed by atoms with E-state index in [-0.39, 0.29) is 18.4 Å². The zero-order valence-electron chi connectivity index (χ0n) is 23.5. The first-order valence-corrected chi connectivity index (χ1v) is 14.0. The Morgan fingerprint density at radius 1 is 1.00 bits per heavy atom. The predicted molar refractivity (Wildman–Crippen MR) is 162 cm³/mol. The van der Waals surface area contributed by atoms with Crippen LogP contribution in [0.25, 0.3) is 10.9 Å². The summed E-state index contributed by atoms with van der Waals surface area (Å²) in [6.07, 6.45) is 0.795. The van der Waals surface area contributed by atoms with Crippen LogP contribution in [0.5, 0.6) is 5.88 Å². The molecule has 1 aliphatic heterocycles. The molecule has 218 valence electrons. The topological polar surface area (TPSA) is 130 Å². The highest BCUT2D eigenvalue weighted by Gasteiger charge is 2.20. The van der Waals surface area contributed by atoms with Crippen LogP contribution < -0.4 is 5.48 Å². The third-order valence-electron chi connectivity index (χ3n) is 7.50. The van der Waals surface area contributed by atoms with Gasteiger partial charge in [0.1, 0.15) is 6.29 Å². The second-order valence-electron chi connectivity index (χ2n) is 10.3. The van der Waals surface area contributed by atoms with Crippen LogP contribution in [-0.4, -0.2) is 95.4 Å². The summed E-state index contributed by atoms with van der Waals surface area (Å²) in [4.78, 5) is 41.9. The number of amides is 1. The Balaban J connectivity index is 1.29. The van der Waals surface area contributed by atoms with Gasteiger partial charge < -0.3 is 15.2 Å². The van der Waals surface area contributed by atoms with Gasteiger partial charge in [0.05, 0.1) is 30.2 Å². The van der Waals surface area contributed by atoms with Crippen molar-refractivity contribution < 1.29 is 24.6 Å². The first kappa shape index (κ1) is 29.2. The SMILES string of the molecule is Cc1cc2c(C(=Nc3ccc(C(=O)NOCCN4CCN(CCO)CC4)cc3)c3ccccc3)c(O)[nH]c2cc1C=O. The summed E-state index contributed by atoms with van der Waals surface area (Å²) in [6.45, 7) is 7.44. The van der Waals surface area contributed by atoms with Crippen LogP contribution in [0.1, 0.15) is 37.4 Å². The number of hydrogen-bond donors (Lipinski definition) is 4. The number of aromatic hydroxyl groups is 1. The molecule has 0 radical (unpaired) electrons. The summed E-state index contributed by atoms with van der Waals surface area (Å²) < 4.78 is 0. The molecule has 10 nitrogen and oxygen atoms in total. The number of benzene rings is 3. The maximum atomic E-state index is 12.6. The van der Waals surface area contributed by atoms with Crippen LogP contribution in [0.15, 0.2) is 71.7 Å². The van der Waals surface area contributed by atoms with E-state index in [9.17, 15) is 14.7 Å². The Kier molecular flexibility index (Phi) is 9.40. The lowest BCUT2D eigenvalue weighted by molar-refractivity contribution is 0.0158. The largest absolute Gasteiger partial charge is 0.494 e. The molecule has 1 fully saturated rings. The fourth-order valence-corrected chi connectivity index (χ4v) is 5.12. The molecule has 1 aliphatic rings. The maximum Gasteiger partial charge on any atom is 0.274 e. The maximum absolute atomic E-state index is 12.6. The number of piperazine rings is 1. The van der Waals surface area contributed by atoms with E-state index in [1.807, 2.05) is 43.3 Å². The summed E-state index contributed by atoms with van der Waals surface area (Å²) in [5, 5.41) is 20.7. The number of aldehydes is 1. The average Bonchev–Trinajstić information content (AvgIpc) is 3.33. The van der Waals surface area contributed by atoms with E-state index >= 15 is 0 Å². The number of fused-ring (bicyclic) bond motifs is 1. The zero-order chi connectivity index (χ0) is 29.5. The van der Waals surface area contributed by atoms with Crippen LogP contribution in [0.4, 0.5) is 5.69 Å². The number of aliphatic hydroxyl groups excluding tert-OH is 1. The molecule has 0 saturated carbocycles. The summed E-state index contributed by atoms with van der Waals surface area (Å²) >= 11 is 0. The monoisotopic (exact) mass is 569 g/mol. The lowest BCUT2D eigenvalue weighted by atomic mass is 9.98. The van der Waals surface area contributed by atoms with Gasteiger partial charge in [0.15, 0.2) is 5.88 Å². The van der Waals surface area contributed by atoms with Crippen molar-refractivity contribution in [1.82, 2.24) is 20.3 Å². The van der Waals surface area contributed by atoms with Gasteiger partial charge in [-0.2, -0.15) is 0 Å². The van der Waals surface area contributed by atoms with E-state index in [1.54, 1.807) is 30.3 Å². The van der Waals surface area contributed by atoms with Gasteiger partial charge in [0.2, 0.25) is 0 Å². The van der Waals surface area contributed by atoms with E-state index in [4.69, 9.17) is 14.9 Å². The van der Waals surface area contributed by atoms with Crippen molar-refractivity contribution in [3.63, 3.8) is 0 Å². The molecule has 5 rings (SSSR count). The van der Waals surface area contributed by atoms with Crippen LogP contribution >= 0.6 is 0 Å². The van der Waals surface area contributed by atoms with Crippen molar-refractivity contribution in [2.45, 2.75) is 6.92 Å². The number of nitrogens with one attached hydrogen (secondary N) is 2. The smallest absolute Gasteiger partial charge is 0.274 e. The number of aromatic nitrogens is 1. The number of β-amino-alcohol motifs (C(OH)–C–C–N with tert-alkyl or cyclic N) is 1. The fourth-order valence-electron chi connectivity index (χ4n) is 5.12. The van der Waals surface area contributed by atoms with Crippen LogP contribution in [-0.2, 0) is 4.84 Å². The summed E-state index contributed by atoms with van der Waals surface area (Å²) in [5.74, 6) is -0.396. The highest BCUT2D eigenvalue weighted by Crippen LogP contribution is 2.33. The lowest BCUT2D eigenvalue weighted by Gasteiger charge is -2.34. The molecule has 0 aliphatic carbocycles. The normalized spacial score (nSPS) is 14.8. The molecule has 42 heavy (non-hydrogen) atoms. The third kappa shape index (κ3) is 6.75. The molecule has 0 spiro atoms. The van der Waals surface area contributed by atoms with Gasteiger partial charge in [-0.3, -0.25) is 24.2 Å². The number of aliphatic imine (C=N–C) groups is 1. The van der Waals surface area contributed by atoms with Gasteiger partial charge in [-0.25, -0.2) is 10.5 Å². The predicted octanol–water partition coefficient (Wildman–Crippen LogP) is 3.43. The summed E-state index contributed by atoms with van der Waals surface area (Å²) in [6, 6.07) is 20.0. The van der Waals surface area contributed by atoms with E-state index in [0.717, 1.165) is 49.0 Å². The Bertz CT molecular complexity index is 1560. The van der Waals surface area contributed by atoms with Crippen molar-refractivity contribution >= 4 is 34.5 Å². The van der Waals surface area contributed by atoms with Crippen LogP contribution in [0, 0.1) is 6.92 Å². The Labute approximate surface area is 244 Å².